The number of hydrogen-bond acceptors (Lipinski definition) is 4. The van der Waals surface area contributed by atoms with E-state index < -0.39 is 0 Å². The highest BCUT2D eigenvalue weighted by Gasteiger charge is 2.13. The van der Waals surface area contributed by atoms with Gasteiger partial charge in [-0.15, -0.1) is 5.10 Å². The van der Waals surface area contributed by atoms with Crippen molar-refractivity contribution in [2.45, 2.75) is 45.6 Å². The molecule has 7 heteroatoms. The lowest BCUT2D eigenvalue weighted by Crippen LogP contribution is -2.21. The number of anilines is 1. The Labute approximate surface area is 199 Å². The van der Waals surface area contributed by atoms with Gasteiger partial charge in [0.1, 0.15) is 5.75 Å². The molecule has 0 bridgehead atoms. The van der Waals surface area contributed by atoms with E-state index >= 15 is 0 Å². The summed E-state index contributed by atoms with van der Waals surface area (Å²) < 4.78 is 8.70. The zero-order chi connectivity index (χ0) is 24.1. The molecule has 7 nitrogen and oxygen atoms in total. The highest BCUT2D eigenvalue weighted by Crippen LogP contribution is 2.24. The number of benzene rings is 2. The first-order chi connectivity index (χ1) is 16.3. The second kappa shape index (κ2) is 9.95. The van der Waals surface area contributed by atoms with Gasteiger partial charge < -0.3 is 10.1 Å². The molecule has 0 aliphatic rings. The maximum absolute atomic E-state index is 12.5. The fourth-order valence-corrected chi connectivity index (χ4v) is 3.69. The topological polar surface area (TPSA) is 77.6 Å². The number of aromatic nitrogens is 3. The van der Waals surface area contributed by atoms with Crippen LogP contribution in [0.15, 0.2) is 77.7 Å². The second-order valence-electron chi connectivity index (χ2n) is 9.34. The van der Waals surface area contributed by atoms with Gasteiger partial charge in [0.25, 0.3) is 0 Å². The Kier molecular flexibility index (Phi) is 6.82. The van der Waals surface area contributed by atoms with Gasteiger partial charge in [-0.3, -0.25) is 9.20 Å². The van der Waals surface area contributed by atoms with E-state index in [9.17, 15) is 9.59 Å². The first-order valence-corrected chi connectivity index (χ1v) is 11.5. The summed E-state index contributed by atoms with van der Waals surface area (Å²) in [5.74, 6) is 0.733. The van der Waals surface area contributed by atoms with Gasteiger partial charge in [-0.25, -0.2) is 9.48 Å². The number of fused-ring (bicyclic) bond motifs is 1. The lowest BCUT2D eigenvalue weighted by atomic mass is 9.87. The van der Waals surface area contributed by atoms with Crippen molar-refractivity contribution in [2.24, 2.45) is 0 Å². The molecule has 0 saturated carbocycles. The van der Waals surface area contributed by atoms with Crippen LogP contribution in [0.25, 0.3) is 5.65 Å². The quantitative estimate of drug-likeness (QED) is 0.390. The Morgan fingerprint density at radius 3 is 2.56 bits per heavy atom. The SMILES string of the molecule is CC(C)(C)c1ccc(OCCCC(=O)Nc2cccc(Cn3nc4ccccn4c3=O)c2)cc1. The Morgan fingerprint density at radius 2 is 1.82 bits per heavy atom. The fourth-order valence-electron chi connectivity index (χ4n) is 3.69. The molecule has 1 amide bonds. The van der Waals surface area contributed by atoms with Crippen molar-refractivity contribution in [2.75, 3.05) is 11.9 Å². The largest absolute Gasteiger partial charge is 0.494 e. The molecule has 176 valence electrons. The molecule has 0 radical (unpaired) electrons. The van der Waals surface area contributed by atoms with E-state index in [1.54, 1.807) is 18.3 Å². The van der Waals surface area contributed by atoms with E-state index in [4.69, 9.17) is 4.74 Å². The molecule has 0 aliphatic heterocycles. The van der Waals surface area contributed by atoms with E-state index in [2.05, 4.69) is 43.3 Å². The van der Waals surface area contributed by atoms with Gasteiger partial charge in [-0.1, -0.05) is 51.1 Å². The van der Waals surface area contributed by atoms with Gasteiger partial charge in [-0.05, 0) is 59.4 Å². The Hall–Kier alpha value is -3.87. The summed E-state index contributed by atoms with van der Waals surface area (Å²) in [6.45, 7) is 7.33. The second-order valence-corrected chi connectivity index (χ2v) is 9.34. The zero-order valence-electron chi connectivity index (χ0n) is 19.8. The first kappa shape index (κ1) is 23.3. The number of rotatable bonds is 8. The van der Waals surface area contributed by atoms with Crippen molar-refractivity contribution >= 4 is 17.2 Å². The first-order valence-electron chi connectivity index (χ1n) is 11.5. The molecule has 2 heterocycles. The molecular formula is C27H30N4O3. The number of amides is 1. The van der Waals surface area contributed by atoms with Crippen molar-refractivity contribution < 1.29 is 9.53 Å². The lowest BCUT2D eigenvalue weighted by Gasteiger charge is -2.19. The van der Waals surface area contributed by atoms with E-state index in [-0.39, 0.29) is 17.0 Å². The Balaban J connectivity index is 1.27. The third kappa shape index (κ3) is 5.73. The average molecular weight is 459 g/mol. The maximum Gasteiger partial charge on any atom is 0.350 e. The number of carbonyl (C=O) groups excluding carboxylic acids is 1. The standard InChI is InChI=1S/C27H30N4O3/c1-27(2,3)21-12-14-23(15-13-21)34-17-7-11-25(32)28-22-9-6-8-20(18-22)19-31-26(33)30-16-5-4-10-24(30)29-31/h4-6,8-10,12-16,18H,7,11,17,19H2,1-3H3,(H,28,32). The van der Waals surface area contributed by atoms with E-state index in [0.717, 1.165) is 11.3 Å². The van der Waals surface area contributed by atoms with E-state index in [1.165, 1.54) is 14.6 Å². The van der Waals surface area contributed by atoms with Crippen LogP contribution in [0.1, 0.15) is 44.7 Å². The van der Waals surface area contributed by atoms with Crippen LogP contribution in [-0.4, -0.2) is 26.7 Å². The minimum Gasteiger partial charge on any atom is -0.494 e. The molecule has 1 N–H and O–H groups in total. The molecule has 0 unspecified atom stereocenters. The number of ether oxygens (including phenoxy) is 1. The van der Waals surface area contributed by atoms with Crippen LogP contribution < -0.4 is 15.7 Å². The highest BCUT2D eigenvalue weighted by atomic mass is 16.5. The van der Waals surface area contributed by atoms with Crippen LogP contribution in [0, 0.1) is 0 Å². The highest BCUT2D eigenvalue weighted by molar-refractivity contribution is 5.90. The molecule has 34 heavy (non-hydrogen) atoms. The van der Waals surface area contributed by atoms with Crippen molar-refractivity contribution in [3.63, 3.8) is 0 Å². The van der Waals surface area contributed by atoms with Gasteiger partial charge in [-0.2, -0.15) is 0 Å². The van der Waals surface area contributed by atoms with Crippen molar-refractivity contribution in [3.8, 4) is 5.75 Å². The fraction of sp³-hybridized carbons (Fsp3) is 0.296. The van der Waals surface area contributed by atoms with Crippen molar-refractivity contribution in [1.29, 1.82) is 0 Å². The van der Waals surface area contributed by atoms with Gasteiger partial charge in [0.05, 0.1) is 13.2 Å². The Morgan fingerprint density at radius 1 is 1.03 bits per heavy atom. The van der Waals surface area contributed by atoms with E-state index in [1.807, 2.05) is 42.5 Å². The van der Waals surface area contributed by atoms with Gasteiger partial charge in [0.2, 0.25) is 5.91 Å². The molecule has 2 aromatic carbocycles. The maximum atomic E-state index is 12.5. The number of pyridine rings is 1. The summed E-state index contributed by atoms with van der Waals surface area (Å²) >= 11 is 0. The van der Waals surface area contributed by atoms with Crippen LogP contribution in [0.2, 0.25) is 0 Å². The average Bonchev–Trinajstić information content (AvgIpc) is 3.12. The van der Waals surface area contributed by atoms with Crippen LogP contribution in [0.4, 0.5) is 5.69 Å². The smallest absolute Gasteiger partial charge is 0.350 e. The number of nitrogens with zero attached hydrogens (tertiary/aromatic N) is 3. The predicted molar refractivity (Wildman–Crippen MR) is 133 cm³/mol. The molecule has 4 aromatic rings. The Bertz CT molecular complexity index is 1330. The van der Waals surface area contributed by atoms with Crippen LogP contribution in [-0.2, 0) is 16.8 Å². The number of hydrogen-bond donors (Lipinski definition) is 1. The van der Waals surface area contributed by atoms with Crippen molar-refractivity contribution in [3.05, 3.63) is 94.5 Å². The third-order valence-electron chi connectivity index (χ3n) is 5.57. The molecular weight excluding hydrogens is 428 g/mol. The molecule has 0 fully saturated rings. The minimum atomic E-state index is -0.196. The summed E-state index contributed by atoms with van der Waals surface area (Å²) in [4.78, 5) is 24.9. The molecule has 4 rings (SSSR count). The van der Waals surface area contributed by atoms with Gasteiger partial charge in [0.15, 0.2) is 5.65 Å². The number of carbonyl (C=O) groups is 1. The summed E-state index contributed by atoms with van der Waals surface area (Å²) in [6.07, 6.45) is 2.67. The van der Waals surface area contributed by atoms with Gasteiger partial charge in [0, 0.05) is 18.3 Å². The van der Waals surface area contributed by atoms with E-state index in [0.29, 0.717) is 37.3 Å². The summed E-state index contributed by atoms with van der Waals surface area (Å²) in [7, 11) is 0. The van der Waals surface area contributed by atoms with Crippen LogP contribution in [0.3, 0.4) is 0 Å². The summed E-state index contributed by atoms with van der Waals surface area (Å²) in [6, 6.07) is 21.0. The molecule has 0 saturated heterocycles. The third-order valence-corrected chi connectivity index (χ3v) is 5.57. The summed E-state index contributed by atoms with van der Waals surface area (Å²) in [5.41, 5.74) is 3.34. The van der Waals surface area contributed by atoms with Crippen LogP contribution >= 0.6 is 0 Å². The minimum absolute atomic E-state index is 0.0753. The predicted octanol–water partition coefficient (Wildman–Crippen LogP) is 4.64. The monoisotopic (exact) mass is 458 g/mol. The normalized spacial score (nSPS) is 11.5. The summed E-state index contributed by atoms with van der Waals surface area (Å²) in [5, 5.41) is 7.28. The molecule has 2 aromatic heterocycles. The number of nitrogens with one attached hydrogen (secondary N) is 1. The molecule has 0 atom stereocenters. The van der Waals surface area contributed by atoms with Crippen molar-refractivity contribution in [1.82, 2.24) is 14.2 Å². The molecule has 0 spiro atoms. The van der Waals surface area contributed by atoms with Crippen LogP contribution in [0.5, 0.6) is 5.75 Å². The van der Waals surface area contributed by atoms with Gasteiger partial charge >= 0.3 is 5.69 Å². The molecule has 0 aliphatic carbocycles. The lowest BCUT2D eigenvalue weighted by molar-refractivity contribution is -0.116. The zero-order valence-corrected chi connectivity index (χ0v) is 19.8.